The number of rotatable bonds is 16. The van der Waals surface area contributed by atoms with Crippen LogP contribution in [0.3, 0.4) is 0 Å². The summed E-state index contributed by atoms with van der Waals surface area (Å²) in [5, 5.41) is 46.4. The van der Waals surface area contributed by atoms with Crippen molar-refractivity contribution in [3.63, 3.8) is 0 Å². The van der Waals surface area contributed by atoms with E-state index >= 15 is 0 Å². The summed E-state index contributed by atoms with van der Waals surface area (Å²) in [6.07, 6.45) is 4.77. The van der Waals surface area contributed by atoms with Crippen LogP contribution >= 0.6 is 47.4 Å². The van der Waals surface area contributed by atoms with Crippen molar-refractivity contribution in [3.05, 3.63) is 77.8 Å². The number of pyridine rings is 1. The number of aromatic nitrogens is 4. The first-order chi connectivity index (χ1) is 24.4. The van der Waals surface area contributed by atoms with Gasteiger partial charge in [0.05, 0.1) is 56.8 Å². The predicted molar refractivity (Wildman–Crippen MR) is 180 cm³/mol. The van der Waals surface area contributed by atoms with Gasteiger partial charge in [-0.1, -0.05) is 22.9 Å². The van der Waals surface area contributed by atoms with Gasteiger partial charge in [0.1, 0.15) is 12.3 Å². The lowest BCUT2D eigenvalue weighted by atomic mass is 10.1. The highest BCUT2D eigenvalue weighted by Crippen LogP contribution is 2.47. The normalized spacial score (nSPS) is 11.8. The van der Waals surface area contributed by atoms with Crippen LogP contribution < -0.4 is 15.0 Å². The second kappa shape index (κ2) is 17.3. The zero-order chi connectivity index (χ0) is 36.5. The molecule has 0 aliphatic rings. The van der Waals surface area contributed by atoms with Crippen molar-refractivity contribution in [1.29, 1.82) is 0 Å². The quantitative estimate of drug-likeness (QED) is 0.0145. The Morgan fingerprint density at radius 1 is 1.08 bits per heavy atom. The number of nitrogens with one attached hydrogen (secondary N) is 1. The monoisotopic (exact) mass is 795 g/mol. The Labute approximate surface area is 305 Å². The Kier molecular flexibility index (Phi) is 12.9. The summed E-state index contributed by atoms with van der Waals surface area (Å²) in [7, 11) is -4.75. The van der Waals surface area contributed by atoms with E-state index < -0.39 is 26.7 Å². The number of thioether (sulfide) groups is 1. The molecule has 2 heterocycles. The molecule has 51 heavy (non-hydrogen) atoms. The highest BCUT2D eigenvalue weighted by Gasteiger charge is 2.22. The number of fused-ring (bicyclic) bond motifs is 1. The first-order valence-corrected chi connectivity index (χ1v) is 18.3. The molecule has 3 aromatic carbocycles. The lowest BCUT2D eigenvalue weighted by Crippen LogP contribution is -2.37. The van der Waals surface area contributed by atoms with Gasteiger partial charge in [-0.2, -0.15) is 32.8 Å². The molecule has 0 radical (unpaired) electrons. The standard InChI is InChI=1S/C28H22ClN7O11S4/c1-48-28-32-26(29)31-27(33-28)30-20-13-19(51(41,42)43)10-16-11-21(50-47-45-40)23(24(37)22(16)20)35-34-17-5-2-6-18(12-17)49-46-44-9-8-36-7-3-4-15(14-36)25(38)39/h2-7,10-14H,8-9H2,1H3,(H4-,30,31,32,33,34,37,38,39,40,41,42,43). The van der Waals surface area contributed by atoms with E-state index in [-0.39, 0.29) is 55.6 Å². The van der Waals surface area contributed by atoms with E-state index in [1.807, 2.05) is 0 Å². The van der Waals surface area contributed by atoms with Crippen molar-refractivity contribution in [1.82, 2.24) is 15.0 Å². The number of anilines is 2. The van der Waals surface area contributed by atoms with Crippen LogP contribution in [-0.4, -0.2) is 57.1 Å². The van der Waals surface area contributed by atoms with Crippen LogP contribution in [0, 0.1) is 0 Å². The van der Waals surface area contributed by atoms with Gasteiger partial charge in [0, 0.05) is 16.3 Å². The van der Waals surface area contributed by atoms with Crippen LogP contribution in [0.25, 0.3) is 10.8 Å². The van der Waals surface area contributed by atoms with Crippen LogP contribution in [0.15, 0.2) is 97.1 Å². The third-order valence-electron chi connectivity index (χ3n) is 6.38. The number of phenolic OH excluding ortho intramolecular Hbond substituents is 1. The van der Waals surface area contributed by atoms with Gasteiger partial charge in [0.15, 0.2) is 29.8 Å². The van der Waals surface area contributed by atoms with Gasteiger partial charge in [-0.3, -0.25) is 4.55 Å². The van der Waals surface area contributed by atoms with Crippen LogP contribution in [0.2, 0.25) is 5.28 Å². The molecule has 0 saturated carbocycles. The molecule has 0 atom stereocenters. The fourth-order valence-electron chi connectivity index (χ4n) is 4.25. The second-order valence-corrected chi connectivity index (χ2v) is 13.7. The third kappa shape index (κ3) is 10.2. The van der Waals surface area contributed by atoms with Crippen molar-refractivity contribution in [2.75, 3.05) is 18.2 Å². The minimum absolute atomic E-state index is 0.00669. The molecule has 0 aliphatic heterocycles. The van der Waals surface area contributed by atoms with E-state index in [9.17, 15) is 28.0 Å². The van der Waals surface area contributed by atoms with E-state index in [4.69, 9.17) is 26.1 Å². The van der Waals surface area contributed by atoms with Gasteiger partial charge in [-0.05, 0) is 65.7 Å². The van der Waals surface area contributed by atoms with E-state index in [1.54, 1.807) is 47.4 Å². The zero-order valence-electron chi connectivity index (χ0n) is 25.6. The summed E-state index contributed by atoms with van der Waals surface area (Å²) >= 11 is 8.47. The van der Waals surface area contributed by atoms with Gasteiger partial charge in [0.25, 0.3) is 10.1 Å². The topological polar surface area (TPSA) is 251 Å². The van der Waals surface area contributed by atoms with Crippen molar-refractivity contribution < 1.29 is 56.4 Å². The molecule has 4 N–H and O–H groups in total. The molecule has 5 rings (SSSR count). The molecular weight excluding hydrogens is 774 g/mol. The fourth-order valence-corrected chi connectivity index (χ4v) is 6.35. The Balaban J connectivity index is 1.42. The summed E-state index contributed by atoms with van der Waals surface area (Å²) in [5.74, 6) is -1.93. The van der Waals surface area contributed by atoms with Gasteiger partial charge in [-0.25, -0.2) is 14.7 Å². The number of aromatic carboxylic acids is 1. The summed E-state index contributed by atoms with van der Waals surface area (Å²) in [5.41, 5.74) is 0.0646. The molecule has 0 fully saturated rings. The third-order valence-corrected chi connectivity index (χ3v) is 9.16. The van der Waals surface area contributed by atoms with Gasteiger partial charge >= 0.3 is 0 Å². The first-order valence-electron chi connectivity index (χ1n) is 13.8. The molecule has 0 aliphatic carbocycles. The molecule has 266 valence electrons. The molecule has 0 unspecified atom stereocenters. The number of nitrogens with zero attached hydrogens (tertiary/aromatic N) is 6. The zero-order valence-corrected chi connectivity index (χ0v) is 29.6. The molecule has 18 nitrogen and oxygen atoms in total. The van der Waals surface area contributed by atoms with E-state index in [2.05, 4.69) is 39.9 Å². The molecule has 0 saturated heterocycles. The number of carboxylic acid groups (broad SMARTS) is 1. The van der Waals surface area contributed by atoms with E-state index in [1.165, 1.54) is 18.3 Å². The van der Waals surface area contributed by atoms with Gasteiger partial charge < -0.3 is 20.3 Å². The Bertz CT molecular complexity index is 2220. The SMILES string of the molecule is CSc1nc(Cl)nc(Nc2cc(S(=O)(=O)O)cc3cc(SOOO)c(N=Nc4cccc(SOOCC[n+]5cccc(C(=O)[O-])c5)c4)c(O)c23)n1. The highest BCUT2D eigenvalue weighted by atomic mass is 35.5. The number of azo groups is 1. The number of aromatic hydroxyl groups is 1. The van der Waals surface area contributed by atoms with Gasteiger partial charge in [0.2, 0.25) is 11.2 Å². The number of halogens is 1. The van der Waals surface area contributed by atoms with E-state index in [0.717, 1.165) is 35.9 Å². The van der Waals surface area contributed by atoms with Crippen molar-refractivity contribution >= 4 is 97.3 Å². The second-order valence-electron chi connectivity index (χ2n) is 9.67. The predicted octanol–water partition coefficient (Wildman–Crippen LogP) is 5.25. The number of carboxylic acids is 1. The molecule has 23 heteroatoms. The molecule has 0 bridgehead atoms. The summed E-state index contributed by atoms with van der Waals surface area (Å²) < 4.78 is 45.5. The molecule has 5 aromatic rings. The first kappa shape index (κ1) is 38.0. The number of hydrogen-bond acceptors (Lipinski definition) is 19. The Hall–Kier alpha value is -4.20. The molecule has 0 amide bonds. The maximum atomic E-state index is 12.2. The van der Waals surface area contributed by atoms with Crippen LogP contribution in [-0.2, 0) is 35.3 Å². The maximum Gasteiger partial charge on any atom is 0.294 e. The van der Waals surface area contributed by atoms with Gasteiger partial charge in [-0.15, -0.1) is 9.45 Å². The fraction of sp³-hybridized carbons (Fsp3) is 0.107. The van der Waals surface area contributed by atoms with Crippen molar-refractivity contribution in [2.24, 2.45) is 10.2 Å². The number of carbonyl (C=O) groups is 1. The number of hydrogen-bond donors (Lipinski definition) is 4. The Morgan fingerprint density at radius 2 is 1.90 bits per heavy atom. The number of benzene rings is 3. The highest BCUT2D eigenvalue weighted by molar-refractivity contribution is 7.98. The summed E-state index contributed by atoms with van der Waals surface area (Å²) in [4.78, 5) is 28.4. The lowest BCUT2D eigenvalue weighted by molar-refractivity contribution is -0.700. The van der Waals surface area contributed by atoms with Crippen LogP contribution in [0.5, 0.6) is 5.75 Å². The van der Waals surface area contributed by atoms with Crippen molar-refractivity contribution in [2.45, 2.75) is 26.4 Å². The summed E-state index contributed by atoms with van der Waals surface area (Å²) in [6.45, 7) is 0.392. The van der Waals surface area contributed by atoms with Crippen LogP contribution in [0.1, 0.15) is 10.4 Å². The number of phenols is 1. The minimum atomic E-state index is -4.75. The molecule has 2 aromatic heterocycles. The summed E-state index contributed by atoms with van der Waals surface area (Å²) in [6, 6.07) is 13.0. The lowest BCUT2D eigenvalue weighted by Gasteiger charge is -2.15. The Morgan fingerprint density at radius 3 is 2.65 bits per heavy atom. The minimum Gasteiger partial charge on any atom is -0.545 e. The average Bonchev–Trinajstić information content (AvgIpc) is 3.09. The average molecular weight is 796 g/mol. The van der Waals surface area contributed by atoms with E-state index in [0.29, 0.717) is 29.2 Å². The smallest absolute Gasteiger partial charge is 0.294 e. The largest absolute Gasteiger partial charge is 0.545 e. The molecular formula is C28H22ClN7O11S4. The van der Waals surface area contributed by atoms with Crippen LogP contribution in [0.4, 0.5) is 23.0 Å². The van der Waals surface area contributed by atoms with Crippen molar-refractivity contribution in [3.8, 4) is 5.75 Å². The molecule has 0 spiro atoms. The maximum absolute atomic E-state index is 12.2. The number of carbonyl (C=O) groups excluding carboxylic acids is 1.